The van der Waals surface area contributed by atoms with Crippen LogP contribution in [0.1, 0.15) is 76.0 Å². The van der Waals surface area contributed by atoms with Crippen molar-refractivity contribution in [2.75, 3.05) is 0 Å². The molecule has 1 aromatic carbocycles. The molecule has 1 rings (SSSR count). The number of hydrogen-bond donors (Lipinski definition) is 1. The number of halogens is 2. The maximum atomic E-state index is 14.7. The fraction of sp³-hybridized carbons (Fsp3) is 0.600. The van der Waals surface area contributed by atoms with E-state index in [-0.39, 0.29) is 16.7 Å². The minimum atomic E-state index is -4.72. The smallest absolute Gasteiger partial charge is 0.282 e. The lowest BCUT2D eigenvalue weighted by Gasteiger charge is -2.23. The van der Waals surface area contributed by atoms with E-state index >= 15 is 0 Å². The molecular formula is C15H22F2O3S. The van der Waals surface area contributed by atoms with Gasteiger partial charge in [-0.05, 0) is 17.8 Å². The van der Waals surface area contributed by atoms with Gasteiger partial charge >= 0.3 is 0 Å². The Hall–Kier alpha value is -1.01. The van der Waals surface area contributed by atoms with Gasteiger partial charge in [0.25, 0.3) is 10.1 Å². The summed E-state index contributed by atoms with van der Waals surface area (Å²) in [7, 11) is -4.72. The van der Waals surface area contributed by atoms with E-state index in [1.54, 1.807) is 41.5 Å². The van der Waals surface area contributed by atoms with Crippen molar-refractivity contribution in [1.82, 2.24) is 0 Å². The highest BCUT2D eigenvalue weighted by Crippen LogP contribution is 2.39. The molecule has 0 saturated carbocycles. The van der Waals surface area contributed by atoms with Crippen molar-refractivity contribution < 1.29 is 21.8 Å². The zero-order valence-electron chi connectivity index (χ0n) is 13.2. The predicted octanol–water partition coefficient (Wildman–Crippen LogP) is 4.58. The molecule has 0 radical (unpaired) electrons. The van der Waals surface area contributed by atoms with Gasteiger partial charge in [-0.1, -0.05) is 41.5 Å². The number of rotatable bonds is 4. The normalized spacial score (nSPS) is 12.8. The fourth-order valence-corrected chi connectivity index (χ4v) is 3.75. The molecule has 0 bridgehead atoms. The van der Waals surface area contributed by atoms with E-state index in [0.717, 1.165) is 0 Å². The Labute approximate surface area is 125 Å². The highest BCUT2D eigenvalue weighted by atomic mass is 32.2. The van der Waals surface area contributed by atoms with Crippen LogP contribution in [0, 0.1) is 11.6 Å². The molecule has 0 unspecified atom stereocenters. The first-order valence-corrected chi connectivity index (χ1v) is 8.37. The first kappa shape index (κ1) is 18.0. The fourth-order valence-electron chi connectivity index (χ4n) is 2.55. The van der Waals surface area contributed by atoms with Crippen LogP contribution in [0.3, 0.4) is 0 Å². The number of hydrogen-bond acceptors (Lipinski definition) is 2. The minimum absolute atomic E-state index is 0.130. The maximum Gasteiger partial charge on any atom is 0.295 e. The van der Waals surface area contributed by atoms with Crippen LogP contribution in [-0.4, -0.2) is 13.0 Å². The van der Waals surface area contributed by atoms with Crippen molar-refractivity contribution in [3.8, 4) is 0 Å². The van der Waals surface area contributed by atoms with Gasteiger partial charge in [0.15, 0.2) is 0 Å². The zero-order valence-corrected chi connectivity index (χ0v) is 14.0. The lowest BCUT2D eigenvalue weighted by Crippen LogP contribution is -2.17. The molecule has 0 heterocycles. The van der Waals surface area contributed by atoms with E-state index in [1.807, 2.05) is 0 Å². The molecule has 6 heteroatoms. The number of benzene rings is 1. The van der Waals surface area contributed by atoms with Crippen molar-refractivity contribution in [3.63, 3.8) is 0 Å². The summed E-state index contributed by atoms with van der Waals surface area (Å²) in [6.45, 7) is 9.72. The van der Waals surface area contributed by atoms with Gasteiger partial charge in [-0.3, -0.25) is 4.55 Å². The molecule has 0 aliphatic carbocycles. The van der Waals surface area contributed by atoms with E-state index in [4.69, 9.17) is 0 Å². The van der Waals surface area contributed by atoms with Crippen LogP contribution < -0.4 is 0 Å². The lowest BCUT2D eigenvalue weighted by atomic mass is 9.88. The van der Waals surface area contributed by atoms with Gasteiger partial charge in [0.1, 0.15) is 16.5 Å². The van der Waals surface area contributed by atoms with Gasteiger partial charge in [0.05, 0.1) is 0 Å². The van der Waals surface area contributed by atoms with Crippen LogP contribution in [0.5, 0.6) is 0 Å². The second kappa shape index (κ2) is 6.01. The first-order chi connectivity index (χ1) is 9.41. The van der Waals surface area contributed by atoms with Crippen LogP contribution >= 0.6 is 0 Å². The Kier molecular flexibility index (Phi) is 5.16. The predicted molar refractivity (Wildman–Crippen MR) is 78.4 cm³/mol. The van der Waals surface area contributed by atoms with Crippen molar-refractivity contribution in [2.24, 2.45) is 0 Å². The summed E-state index contributed by atoms with van der Waals surface area (Å²) >= 11 is 0. The average molecular weight is 320 g/mol. The molecule has 0 aliphatic rings. The third kappa shape index (κ3) is 3.26. The summed E-state index contributed by atoms with van der Waals surface area (Å²) < 4.78 is 62.2. The molecule has 0 spiro atoms. The van der Waals surface area contributed by atoms with Crippen molar-refractivity contribution in [3.05, 3.63) is 28.3 Å². The van der Waals surface area contributed by atoms with Crippen molar-refractivity contribution in [1.29, 1.82) is 0 Å². The van der Waals surface area contributed by atoms with E-state index in [9.17, 15) is 21.8 Å². The van der Waals surface area contributed by atoms with E-state index in [0.29, 0.717) is 0 Å². The summed E-state index contributed by atoms with van der Waals surface area (Å²) in [6, 6.07) is 0. The van der Waals surface area contributed by atoms with Crippen molar-refractivity contribution in [2.45, 2.75) is 64.2 Å². The van der Waals surface area contributed by atoms with Crippen LogP contribution in [0.2, 0.25) is 0 Å². The highest BCUT2D eigenvalue weighted by Gasteiger charge is 2.33. The first-order valence-electron chi connectivity index (χ1n) is 6.93. The summed E-state index contributed by atoms with van der Waals surface area (Å²) in [5, 5.41) is 0. The second-order valence-corrected chi connectivity index (χ2v) is 7.50. The Morgan fingerprint density at radius 3 is 1.24 bits per heavy atom. The Bertz CT molecular complexity index is 612. The molecular weight excluding hydrogens is 298 g/mol. The zero-order chi connectivity index (χ0) is 16.7. The van der Waals surface area contributed by atoms with Gasteiger partial charge in [-0.25, -0.2) is 8.78 Å². The standard InChI is InChI=1S/C15H22F2O3S/c1-7(2)10-13(16)11(8(3)4)15(21(18,19)20)12(9(5)6)14(10)17/h7-9H,1-6H3,(H,18,19,20). The molecule has 3 nitrogen and oxygen atoms in total. The maximum absolute atomic E-state index is 14.7. The summed E-state index contributed by atoms with van der Waals surface area (Å²) in [5.74, 6) is -3.20. The topological polar surface area (TPSA) is 54.4 Å². The Morgan fingerprint density at radius 2 is 1.05 bits per heavy atom. The molecule has 0 amide bonds. The molecule has 0 saturated heterocycles. The molecule has 0 aliphatic heterocycles. The molecule has 0 fully saturated rings. The van der Waals surface area contributed by atoms with E-state index in [1.165, 1.54) is 0 Å². The van der Waals surface area contributed by atoms with Crippen LogP contribution in [0.4, 0.5) is 8.78 Å². The van der Waals surface area contributed by atoms with Gasteiger partial charge in [-0.2, -0.15) is 8.42 Å². The van der Waals surface area contributed by atoms with Crippen LogP contribution in [-0.2, 0) is 10.1 Å². The second-order valence-electron chi connectivity index (χ2n) is 6.14. The van der Waals surface area contributed by atoms with Gasteiger partial charge in [0, 0.05) is 16.7 Å². The molecule has 0 aromatic heterocycles. The van der Waals surface area contributed by atoms with Gasteiger partial charge in [-0.15, -0.1) is 0 Å². The van der Waals surface area contributed by atoms with Crippen LogP contribution in [0.15, 0.2) is 4.90 Å². The molecule has 1 aromatic rings. The van der Waals surface area contributed by atoms with E-state index in [2.05, 4.69) is 0 Å². The molecule has 120 valence electrons. The Morgan fingerprint density at radius 1 is 0.762 bits per heavy atom. The summed E-state index contributed by atoms with van der Waals surface area (Å²) in [4.78, 5) is -0.619. The van der Waals surface area contributed by atoms with Crippen LogP contribution in [0.25, 0.3) is 0 Å². The highest BCUT2D eigenvalue weighted by molar-refractivity contribution is 7.86. The van der Waals surface area contributed by atoms with Gasteiger partial charge < -0.3 is 0 Å². The Balaban J connectivity index is 4.12. The lowest BCUT2D eigenvalue weighted by molar-refractivity contribution is 0.462. The minimum Gasteiger partial charge on any atom is -0.282 e. The molecule has 0 atom stereocenters. The quantitative estimate of drug-likeness (QED) is 0.826. The average Bonchev–Trinajstić information content (AvgIpc) is 2.24. The van der Waals surface area contributed by atoms with Crippen molar-refractivity contribution >= 4 is 10.1 Å². The molecule has 1 N–H and O–H groups in total. The molecule has 21 heavy (non-hydrogen) atoms. The summed E-state index contributed by atoms with van der Waals surface area (Å²) in [5.41, 5.74) is -0.424. The summed E-state index contributed by atoms with van der Waals surface area (Å²) in [6.07, 6.45) is 0. The monoisotopic (exact) mass is 320 g/mol. The van der Waals surface area contributed by atoms with E-state index < -0.39 is 44.4 Å². The largest absolute Gasteiger partial charge is 0.295 e. The third-order valence-electron chi connectivity index (χ3n) is 3.43. The third-order valence-corrected chi connectivity index (χ3v) is 4.38. The van der Waals surface area contributed by atoms with Gasteiger partial charge in [0.2, 0.25) is 0 Å². The SMILES string of the molecule is CC(C)c1c(F)c(C(C)C)c(S(=O)(=O)O)c(C(C)C)c1F.